The zero-order valence-electron chi connectivity index (χ0n) is 4.81. The number of hydrogen-bond acceptors (Lipinski definition) is 3. The van der Waals surface area contributed by atoms with Gasteiger partial charge in [0, 0.05) is 12.3 Å². The van der Waals surface area contributed by atoms with Gasteiger partial charge >= 0.3 is 6.36 Å². The van der Waals surface area contributed by atoms with E-state index in [4.69, 9.17) is 0 Å². The minimum atomic E-state index is -4.54. The molecule has 1 fully saturated rings. The van der Waals surface area contributed by atoms with Crippen molar-refractivity contribution < 1.29 is 17.9 Å². The van der Waals surface area contributed by atoms with Crippen molar-refractivity contribution in [1.29, 1.82) is 0 Å². The minimum Gasteiger partial charge on any atom is -0.278 e. The molecule has 0 saturated carbocycles. The van der Waals surface area contributed by atoms with Crippen LogP contribution in [0.4, 0.5) is 13.2 Å². The Morgan fingerprint density at radius 3 is 2.70 bits per heavy atom. The van der Waals surface area contributed by atoms with Crippen LogP contribution in [0.1, 0.15) is 0 Å². The van der Waals surface area contributed by atoms with Crippen LogP contribution in [0.3, 0.4) is 0 Å². The van der Waals surface area contributed by atoms with Crippen molar-refractivity contribution in [3.8, 4) is 0 Å². The molecule has 59 valence electrons. The number of rotatable bonds is 1. The van der Waals surface area contributed by atoms with Gasteiger partial charge in [0.05, 0.1) is 0 Å². The summed E-state index contributed by atoms with van der Waals surface area (Å²) in [5, 5.41) is 2.41. The first-order chi connectivity index (χ1) is 4.58. The molecule has 1 aliphatic rings. The van der Waals surface area contributed by atoms with Crippen LogP contribution in [0.2, 0.25) is 0 Å². The summed E-state index contributed by atoms with van der Waals surface area (Å²) in [5.41, 5.74) is -0.958. The van der Waals surface area contributed by atoms with E-state index < -0.39 is 11.9 Å². The smallest absolute Gasteiger partial charge is 0.278 e. The van der Waals surface area contributed by atoms with Crippen LogP contribution in [0.5, 0.6) is 0 Å². The molecule has 0 amide bonds. The zero-order chi connectivity index (χ0) is 7.61. The lowest BCUT2D eigenvalue weighted by molar-refractivity contribution is -0.332. The lowest BCUT2D eigenvalue weighted by atomic mass is 10.8. The fourth-order valence-electron chi connectivity index (χ4n) is 0.517. The summed E-state index contributed by atoms with van der Waals surface area (Å²) in [4.78, 5) is 0. The highest BCUT2D eigenvalue weighted by Gasteiger charge is 2.34. The molecule has 1 heterocycles. The van der Waals surface area contributed by atoms with Gasteiger partial charge < -0.3 is 0 Å². The predicted octanol–water partition coefficient (Wildman–Crippen LogP) is 1.30. The van der Waals surface area contributed by atoms with Gasteiger partial charge in [0.25, 0.3) is 0 Å². The van der Waals surface area contributed by atoms with Crippen molar-refractivity contribution in [2.24, 2.45) is 0 Å². The second kappa shape index (κ2) is 2.98. The van der Waals surface area contributed by atoms with E-state index in [0.29, 0.717) is 5.75 Å². The molecular weight excluding hydrogens is 167 g/mol. The number of thioether (sulfide) groups is 1. The number of ether oxygens (including phenoxy) is 1. The van der Waals surface area contributed by atoms with Crippen LogP contribution in [0.25, 0.3) is 0 Å². The number of halogens is 3. The fourth-order valence-corrected chi connectivity index (χ4v) is 1.25. The second-order valence-electron chi connectivity index (χ2n) is 1.60. The Labute approximate surface area is 60.1 Å². The van der Waals surface area contributed by atoms with Gasteiger partial charge in [-0.2, -0.15) is 0 Å². The van der Waals surface area contributed by atoms with E-state index >= 15 is 0 Å². The Morgan fingerprint density at radius 2 is 2.30 bits per heavy atom. The highest BCUT2D eigenvalue weighted by molar-refractivity contribution is 8.00. The summed E-state index contributed by atoms with van der Waals surface area (Å²) in [6, 6.07) is 0. The maximum Gasteiger partial charge on any atom is 0.524 e. The van der Waals surface area contributed by atoms with Crippen LogP contribution < -0.4 is 5.32 Å². The fraction of sp³-hybridized carbons (Fsp3) is 0.750. The maximum atomic E-state index is 11.4. The van der Waals surface area contributed by atoms with Crippen molar-refractivity contribution in [3.05, 3.63) is 6.54 Å². The Bertz CT molecular complexity index is 112. The largest absolute Gasteiger partial charge is 0.524 e. The highest BCUT2D eigenvalue weighted by atomic mass is 32.2. The van der Waals surface area contributed by atoms with E-state index in [1.54, 1.807) is 0 Å². The summed E-state index contributed by atoms with van der Waals surface area (Å²) >= 11 is 1.06. The first kappa shape index (κ1) is 8.16. The van der Waals surface area contributed by atoms with Crippen molar-refractivity contribution in [3.63, 3.8) is 0 Å². The van der Waals surface area contributed by atoms with Gasteiger partial charge in [0.2, 0.25) is 0 Å². The lowest BCUT2D eigenvalue weighted by Gasteiger charge is -2.12. The molecule has 0 aromatic carbocycles. The van der Waals surface area contributed by atoms with Crippen molar-refractivity contribution >= 4 is 11.8 Å². The molecule has 0 aliphatic carbocycles. The number of nitrogens with one attached hydrogen (secondary N) is 1. The summed E-state index contributed by atoms with van der Waals surface area (Å²) in [6.07, 6.45) is -4.54. The molecule has 1 rings (SSSR count). The van der Waals surface area contributed by atoms with E-state index in [9.17, 15) is 13.2 Å². The molecule has 6 heteroatoms. The molecule has 10 heavy (non-hydrogen) atoms. The Morgan fingerprint density at radius 1 is 1.60 bits per heavy atom. The van der Waals surface area contributed by atoms with Crippen LogP contribution in [-0.4, -0.2) is 17.7 Å². The number of alkyl halides is 3. The summed E-state index contributed by atoms with van der Waals surface area (Å²) in [6.45, 7) is 1.53. The summed E-state index contributed by atoms with van der Waals surface area (Å²) in [7, 11) is 0. The van der Waals surface area contributed by atoms with Gasteiger partial charge in [0.1, 0.15) is 0 Å². The standard InChI is InChI=1S/C4H5F3NOS/c5-4(6,7)9-3-8-1-2-10-3/h1,3,8H,2H2. The Balaban J connectivity index is 2.24. The molecule has 1 aliphatic heterocycles. The van der Waals surface area contributed by atoms with Crippen molar-refractivity contribution in [1.82, 2.24) is 5.32 Å². The number of hydrogen-bond donors (Lipinski definition) is 1. The van der Waals surface area contributed by atoms with Crippen LogP contribution >= 0.6 is 11.8 Å². The van der Waals surface area contributed by atoms with E-state index in [1.807, 2.05) is 0 Å². The predicted molar refractivity (Wildman–Crippen MR) is 30.8 cm³/mol. The van der Waals surface area contributed by atoms with Crippen LogP contribution in [0.15, 0.2) is 0 Å². The van der Waals surface area contributed by atoms with Crippen LogP contribution in [0, 0.1) is 6.54 Å². The van der Waals surface area contributed by atoms with E-state index in [-0.39, 0.29) is 0 Å². The normalized spacial score (nSPS) is 27.3. The molecule has 1 unspecified atom stereocenters. The SMILES string of the molecule is FC(F)(F)OC1N[CH]CS1. The van der Waals surface area contributed by atoms with Crippen molar-refractivity contribution in [2.45, 2.75) is 11.9 Å². The highest BCUT2D eigenvalue weighted by Crippen LogP contribution is 2.26. The molecule has 1 atom stereocenters. The maximum absolute atomic E-state index is 11.4. The molecule has 1 saturated heterocycles. The van der Waals surface area contributed by atoms with Gasteiger partial charge in [-0.15, -0.1) is 24.9 Å². The topological polar surface area (TPSA) is 21.3 Å². The first-order valence-electron chi connectivity index (χ1n) is 2.52. The molecule has 0 aromatic heterocycles. The van der Waals surface area contributed by atoms with E-state index in [2.05, 4.69) is 10.1 Å². The van der Waals surface area contributed by atoms with Crippen molar-refractivity contribution in [2.75, 3.05) is 5.75 Å². The van der Waals surface area contributed by atoms with Gasteiger partial charge in [-0.3, -0.25) is 10.1 Å². The van der Waals surface area contributed by atoms with Gasteiger partial charge in [-0.05, 0) is 0 Å². The molecule has 1 radical (unpaired) electrons. The van der Waals surface area contributed by atoms with Gasteiger partial charge in [-0.1, -0.05) is 0 Å². The summed E-state index contributed by atoms with van der Waals surface area (Å²) in [5.74, 6) is 0.542. The quantitative estimate of drug-likeness (QED) is 0.644. The van der Waals surface area contributed by atoms with Crippen LogP contribution in [-0.2, 0) is 4.74 Å². The molecule has 0 bridgehead atoms. The Kier molecular flexibility index (Phi) is 2.43. The zero-order valence-corrected chi connectivity index (χ0v) is 5.63. The van der Waals surface area contributed by atoms with E-state index in [0.717, 1.165) is 11.8 Å². The van der Waals surface area contributed by atoms with E-state index in [1.165, 1.54) is 6.54 Å². The Hall–Kier alpha value is 0.0600. The molecule has 2 nitrogen and oxygen atoms in total. The van der Waals surface area contributed by atoms with Gasteiger partial charge in [0.15, 0.2) is 5.56 Å². The average Bonchev–Trinajstić information content (AvgIpc) is 2.12. The molecule has 1 N–H and O–H groups in total. The average molecular weight is 172 g/mol. The third-order valence-electron chi connectivity index (χ3n) is 0.826. The monoisotopic (exact) mass is 172 g/mol. The second-order valence-corrected chi connectivity index (χ2v) is 2.69. The first-order valence-corrected chi connectivity index (χ1v) is 3.57. The molecule has 0 spiro atoms. The molecular formula is C4H5F3NOS. The summed E-state index contributed by atoms with van der Waals surface area (Å²) < 4.78 is 37.9. The van der Waals surface area contributed by atoms with Gasteiger partial charge in [-0.25, -0.2) is 0 Å². The minimum absolute atomic E-state index is 0.542. The molecule has 0 aromatic rings. The third-order valence-corrected chi connectivity index (χ3v) is 1.72. The lowest BCUT2D eigenvalue weighted by Crippen LogP contribution is -2.28. The third kappa shape index (κ3) is 2.76.